The number of ether oxygens (including phenoxy) is 3. The predicted molar refractivity (Wildman–Crippen MR) is 150 cm³/mol. The summed E-state index contributed by atoms with van der Waals surface area (Å²) in [6.45, 7) is 3.41. The zero-order valence-corrected chi connectivity index (χ0v) is 22.8. The molecule has 0 radical (unpaired) electrons. The number of rotatable bonds is 6. The Labute approximate surface area is 240 Å². The average molecular weight is 574 g/mol. The molecule has 11 nitrogen and oxygen atoms in total. The minimum absolute atomic E-state index is 0.0365. The Balaban J connectivity index is 1.24. The number of pyridine rings is 1. The largest absolute Gasteiger partial charge is 0.480 e. The summed E-state index contributed by atoms with van der Waals surface area (Å²) in [6, 6.07) is 8.07. The number of carboxylic acids is 1. The van der Waals surface area contributed by atoms with Crippen LogP contribution in [0.25, 0.3) is 22.1 Å². The van der Waals surface area contributed by atoms with Crippen LogP contribution in [-0.4, -0.2) is 82.7 Å². The van der Waals surface area contributed by atoms with E-state index in [0.29, 0.717) is 65.6 Å². The molecule has 1 N–H and O–H groups in total. The van der Waals surface area contributed by atoms with Crippen molar-refractivity contribution < 1.29 is 32.9 Å². The van der Waals surface area contributed by atoms with Crippen LogP contribution in [0.4, 0.5) is 15.9 Å². The third-order valence-corrected chi connectivity index (χ3v) is 8.42. The van der Waals surface area contributed by atoms with Crippen LogP contribution >= 0.6 is 0 Å². The van der Waals surface area contributed by atoms with E-state index in [-0.39, 0.29) is 30.6 Å². The maximum absolute atomic E-state index is 13.9. The van der Waals surface area contributed by atoms with Crippen molar-refractivity contribution in [1.82, 2.24) is 15.0 Å². The summed E-state index contributed by atoms with van der Waals surface area (Å²) < 4.78 is 38.0. The summed E-state index contributed by atoms with van der Waals surface area (Å²) in [7, 11) is 0. The third-order valence-electron chi connectivity index (χ3n) is 8.42. The zero-order valence-electron chi connectivity index (χ0n) is 22.8. The molecule has 3 fully saturated rings. The SMILES string of the molecule is C#Cc1cnc(OC2C[C@@H](C(=O)O)N(c3nc(CF)nc4c3oc3ccccc34)C2)c(N2CCOC3(COC3)[C@@H]2C)c1. The summed E-state index contributed by atoms with van der Waals surface area (Å²) in [5.74, 6) is 2.08. The van der Waals surface area contributed by atoms with Gasteiger partial charge in [0, 0.05) is 30.1 Å². The van der Waals surface area contributed by atoms with Crippen molar-refractivity contribution in [3.63, 3.8) is 0 Å². The van der Waals surface area contributed by atoms with Gasteiger partial charge in [0.15, 0.2) is 17.2 Å². The predicted octanol–water partition coefficient (Wildman–Crippen LogP) is 3.33. The van der Waals surface area contributed by atoms with Crippen LogP contribution in [0.1, 0.15) is 24.7 Å². The topological polar surface area (TPSA) is 123 Å². The molecule has 1 aromatic carbocycles. The van der Waals surface area contributed by atoms with E-state index in [0.717, 1.165) is 0 Å². The molecule has 0 bridgehead atoms. The van der Waals surface area contributed by atoms with Gasteiger partial charge in [-0.2, -0.15) is 0 Å². The number of aromatic nitrogens is 3. The highest BCUT2D eigenvalue weighted by Gasteiger charge is 2.50. The number of anilines is 2. The Morgan fingerprint density at radius 3 is 2.86 bits per heavy atom. The van der Waals surface area contributed by atoms with Crippen LogP contribution in [0.15, 0.2) is 40.9 Å². The molecular formula is C30H28FN5O6. The second-order valence-corrected chi connectivity index (χ2v) is 10.8. The monoisotopic (exact) mass is 573 g/mol. The number of halogens is 1. The highest BCUT2D eigenvalue weighted by atomic mass is 19.1. The van der Waals surface area contributed by atoms with Crippen molar-refractivity contribution in [3.8, 4) is 18.2 Å². The number of hydrogen-bond acceptors (Lipinski definition) is 10. The van der Waals surface area contributed by atoms with Gasteiger partial charge in [-0.3, -0.25) is 0 Å². The molecule has 3 aliphatic heterocycles. The molecule has 3 saturated heterocycles. The first kappa shape index (κ1) is 26.4. The van der Waals surface area contributed by atoms with Crippen molar-refractivity contribution in [2.24, 2.45) is 0 Å². The lowest BCUT2D eigenvalue weighted by Gasteiger charge is -2.53. The smallest absolute Gasteiger partial charge is 0.326 e. The van der Waals surface area contributed by atoms with E-state index in [4.69, 9.17) is 25.1 Å². The average Bonchev–Trinajstić information content (AvgIpc) is 3.58. The van der Waals surface area contributed by atoms with Gasteiger partial charge in [0.2, 0.25) is 5.88 Å². The normalized spacial score (nSPS) is 23.3. The Hall–Kier alpha value is -4.47. The molecule has 3 atom stereocenters. The molecule has 42 heavy (non-hydrogen) atoms. The number of carbonyl (C=O) groups is 1. The molecule has 0 saturated carbocycles. The molecular weight excluding hydrogens is 545 g/mol. The highest BCUT2D eigenvalue weighted by molar-refractivity contribution is 6.06. The number of fused-ring (bicyclic) bond motifs is 3. The number of carboxylic acid groups (broad SMARTS) is 1. The Bertz CT molecular complexity index is 1730. The minimum Gasteiger partial charge on any atom is -0.480 e. The van der Waals surface area contributed by atoms with E-state index in [1.165, 1.54) is 0 Å². The van der Waals surface area contributed by atoms with Crippen molar-refractivity contribution in [2.75, 3.05) is 42.7 Å². The van der Waals surface area contributed by atoms with Crippen LogP contribution in [0.2, 0.25) is 0 Å². The van der Waals surface area contributed by atoms with Gasteiger partial charge in [0.05, 0.1) is 32.4 Å². The molecule has 1 spiro atoms. The Kier molecular flexibility index (Phi) is 6.36. The van der Waals surface area contributed by atoms with Gasteiger partial charge in [-0.05, 0) is 25.1 Å². The van der Waals surface area contributed by atoms with Crippen molar-refractivity contribution in [3.05, 3.63) is 47.9 Å². The second kappa shape index (κ2) is 10.1. The van der Waals surface area contributed by atoms with E-state index in [2.05, 4.69) is 32.7 Å². The van der Waals surface area contributed by atoms with Crippen LogP contribution < -0.4 is 14.5 Å². The summed E-state index contributed by atoms with van der Waals surface area (Å²) in [6.07, 6.45) is 6.83. The zero-order chi connectivity index (χ0) is 29.0. The van der Waals surface area contributed by atoms with Crippen molar-refractivity contribution in [1.29, 1.82) is 0 Å². The summed E-state index contributed by atoms with van der Waals surface area (Å²) >= 11 is 0. The lowest BCUT2D eigenvalue weighted by atomic mass is 9.90. The number of aliphatic carboxylic acids is 1. The number of terminal acetylenes is 1. The molecule has 1 unspecified atom stereocenters. The van der Waals surface area contributed by atoms with Crippen molar-refractivity contribution >= 4 is 39.5 Å². The molecule has 0 aliphatic carbocycles. The fraction of sp³-hybridized carbons (Fsp3) is 0.400. The first-order valence-corrected chi connectivity index (χ1v) is 13.8. The number of morpholine rings is 1. The van der Waals surface area contributed by atoms with Gasteiger partial charge < -0.3 is 33.5 Å². The molecule has 0 amide bonds. The van der Waals surface area contributed by atoms with Crippen LogP contribution in [0, 0.1) is 12.3 Å². The minimum atomic E-state index is -1.06. The van der Waals surface area contributed by atoms with E-state index < -0.39 is 30.4 Å². The number of benzene rings is 1. The summed E-state index contributed by atoms with van der Waals surface area (Å²) in [4.78, 5) is 29.5. The maximum atomic E-state index is 13.9. The molecule has 4 aromatic rings. The maximum Gasteiger partial charge on any atom is 0.326 e. The lowest BCUT2D eigenvalue weighted by molar-refractivity contribution is -0.228. The number of nitrogens with zero attached hydrogens (tertiary/aromatic N) is 5. The fourth-order valence-electron chi connectivity index (χ4n) is 6.10. The molecule has 3 aromatic heterocycles. The van der Waals surface area contributed by atoms with E-state index >= 15 is 0 Å². The third kappa shape index (κ3) is 4.19. The first-order valence-electron chi connectivity index (χ1n) is 13.8. The number of alkyl halides is 1. The molecule has 12 heteroatoms. The molecule has 3 aliphatic rings. The van der Waals surface area contributed by atoms with Crippen LogP contribution in [0.5, 0.6) is 5.88 Å². The molecule has 216 valence electrons. The summed E-state index contributed by atoms with van der Waals surface area (Å²) in [5.41, 5.74) is 2.17. The van der Waals surface area contributed by atoms with Gasteiger partial charge in [0.1, 0.15) is 41.2 Å². The molecule has 7 rings (SSSR count). The standard InChI is InChI=1S/C30H28FN5O6/c1-3-18-10-21(35-8-9-40-30(17(35)2)15-39-16-30)28(32-13-18)41-19-11-22(29(37)38)36(14-19)27-26-25(33-24(12-31)34-27)20-6-4-5-7-23(20)42-26/h1,4-7,10,13,17,19,22H,8-9,11-12,14-16H2,2H3,(H,37,38)/t17-,19?,22-/m0/s1. The van der Waals surface area contributed by atoms with Crippen molar-refractivity contribution in [2.45, 2.75) is 43.8 Å². The molecule has 6 heterocycles. The number of para-hydroxylation sites is 1. The van der Waals surface area contributed by atoms with E-state index in [1.54, 1.807) is 17.2 Å². The van der Waals surface area contributed by atoms with Gasteiger partial charge in [-0.25, -0.2) is 24.1 Å². The fourth-order valence-corrected chi connectivity index (χ4v) is 6.10. The second-order valence-electron chi connectivity index (χ2n) is 10.8. The van der Waals surface area contributed by atoms with Gasteiger partial charge >= 0.3 is 5.97 Å². The Morgan fingerprint density at radius 2 is 2.12 bits per heavy atom. The Morgan fingerprint density at radius 1 is 1.29 bits per heavy atom. The summed E-state index contributed by atoms with van der Waals surface area (Å²) in [5, 5.41) is 10.9. The van der Waals surface area contributed by atoms with Crippen LogP contribution in [-0.2, 0) is 20.9 Å². The van der Waals surface area contributed by atoms with Gasteiger partial charge in [-0.1, -0.05) is 18.1 Å². The van der Waals surface area contributed by atoms with E-state index in [9.17, 15) is 14.3 Å². The highest BCUT2D eigenvalue weighted by Crippen LogP contribution is 2.40. The number of hydrogen-bond donors (Lipinski definition) is 1. The lowest BCUT2D eigenvalue weighted by Crippen LogP contribution is -2.68. The number of furan rings is 1. The van der Waals surface area contributed by atoms with Crippen LogP contribution in [0.3, 0.4) is 0 Å². The first-order chi connectivity index (χ1) is 20.4. The van der Waals surface area contributed by atoms with Gasteiger partial charge in [0.25, 0.3) is 0 Å². The van der Waals surface area contributed by atoms with E-state index in [1.807, 2.05) is 24.3 Å². The van der Waals surface area contributed by atoms with Gasteiger partial charge in [-0.15, -0.1) is 6.42 Å². The quantitative estimate of drug-likeness (QED) is 0.342.